The van der Waals surface area contributed by atoms with Crippen LogP contribution >= 0.6 is 15.9 Å². The smallest absolute Gasteiger partial charge is 0.185 e. The topological polar surface area (TPSA) is 55.0 Å². The SMILES string of the molecule is COc1c(C)c(C)c(Br)c(C)c1-c1cnc(C=O)[nH]1. The first-order valence-corrected chi connectivity index (χ1v) is 6.64. The van der Waals surface area contributed by atoms with Gasteiger partial charge in [-0.2, -0.15) is 0 Å². The van der Waals surface area contributed by atoms with Gasteiger partial charge in [-0.25, -0.2) is 4.98 Å². The predicted octanol–water partition coefficient (Wildman–Crippen LogP) is 3.59. The van der Waals surface area contributed by atoms with Crippen LogP contribution in [0.3, 0.4) is 0 Å². The van der Waals surface area contributed by atoms with E-state index in [1.54, 1.807) is 13.3 Å². The highest BCUT2D eigenvalue weighted by atomic mass is 79.9. The fourth-order valence-electron chi connectivity index (χ4n) is 2.19. The van der Waals surface area contributed by atoms with E-state index in [9.17, 15) is 4.79 Å². The minimum absolute atomic E-state index is 0.311. The minimum Gasteiger partial charge on any atom is -0.496 e. The number of hydrogen-bond donors (Lipinski definition) is 1. The zero-order valence-corrected chi connectivity index (χ0v) is 12.9. The second kappa shape index (κ2) is 5.17. The molecular weight excluding hydrogens is 308 g/mol. The summed E-state index contributed by atoms with van der Waals surface area (Å²) >= 11 is 3.61. The van der Waals surface area contributed by atoms with Crippen LogP contribution in [0.1, 0.15) is 27.3 Å². The van der Waals surface area contributed by atoms with Gasteiger partial charge in [0.25, 0.3) is 0 Å². The molecule has 4 nitrogen and oxygen atoms in total. The van der Waals surface area contributed by atoms with Gasteiger partial charge < -0.3 is 9.72 Å². The van der Waals surface area contributed by atoms with Crippen molar-refractivity contribution in [3.8, 4) is 17.0 Å². The number of hydrogen-bond acceptors (Lipinski definition) is 3. The van der Waals surface area contributed by atoms with Gasteiger partial charge in [-0.05, 0) is 37.5 Å². The number of rotatable bonds is 3. The average Bonchev–Trinajstić information content (AvgIpc) is 2.88. The van der Waals surface area contributed by atoms with Gasteiger partial charge in [0, 0.05) is 10.0 Å². The standard InChI is InChI=1S/C14H15BrN2O2/c1-7-8(2)14(19-4)12(9(3)13(7)15)10-5-16-11(6-18)17-10/h5-6H,1-4H3,(H,16,17). The number of nitrogens with one attached hydrogen (secondary N) is 1. The van der Waals surface area contributed by atoms with Crippen LogP contribution in [-0.2, 0) is 0 Å². The van der Waals surface area contributed by atoms with Crippen LogP contribution in [0.4, 0.5) is 0 Å². The van der Waals surface area contributed by atoms with Gasteiger partial charge in [-0.1, -0.05) is 15.9 Å². The van der Waals surface area contributed by atoms with Gasteiger partial charge in [0.1, 0.15) is 5.75 Å². The van der Waals surface area contributed by atoms with Crippen molar-refractivity contribution in [2.24, 2.45) is 0 Å². The molecule has 0 unspecified atom stereocenters. The summed E-state index contributed by atoms with van der Waals surface area (Å²) in [7, 11) is 1.65. The molecule has 0 bridgehead atoms. The maximum Gasteiger partial charge on any atom is 0.185 e. The number of aromatic nitrogens is 2. The van der Waals surface area contributed by atoms with Crippen LogP contribution in [0.2, 0.25) is 0 Å². The molecule has 0 amide bonds. The predicted molar refractivity (Wildman–Crippen MR) is 77.9 cm³/mol. The number of H-pyrrole nitrogens is 1. The average molecular weight is 323 g/mol. The van der Waals surface area contributed by atoms with Crippen LogP contribution in [0.25, 0.3) is 11.3 Å². The molecule has 0 radical (unpaired) electrons. The van der Waals surface area contributed by atoms with E-state index in [-0.39, 0.29) is 0 Å². The number of methoxy groups -OCH3 is 1. The molecule has 2 aromatic rings. The highest BCUT2D eigenvalue weighted by molar-refractivity contribution is 9.10. The number of carbonyl (C=O) groups excluding carboxylic acids is 1. The minimum atomic E-state index is 0.311. The normalized spacial score (nSPS) is 10.6. The lowest BCUT2D eigenvalue weighted by Crippen LogP contribution is -1.99. The molecule has 0 saturated carbocycles. The summed E-state index contributed by atoms with van der Waals surface area (Å²) in [6.07, 6.45) is 2.34. The lowest BCUT2D eigenvalue weighted by atomic mass is 9.97. The molecule has 100 valence electrons. The van der Waals surface area contributed by atoms with Gasteiger partial charge in [0.2, 0.25) is 0 Å². The van der Waals surface area contributed by atoms with Crippen molar-refractivity contribution in [1.29, 1.82) is 0 Å². The number of ether oxygens (including phenoxy) is 1. The summed E-state index contributed by atoms with van der Waals surface area (Å²) in [5.41, 5.74) is 4.98. The second-order valence-corrected chi connectivity index (χ2v) is 5.19. The molecule has 0 fully saturated rings. The van der Waals surface area contributed by atoms with Crippen molar-refractivity contribution in [1.82, 2.24) is 9.97 Å². The highest BCUT2D eigenvalue weighted by Crippen LogP contribution is 2.41. The van der Waals surface area contributed by atoms with Crippen molar-refractivity contribution in [2.75, 3.05) is 7.11 Å². The highest BCUT2D eigenvalue weighted by Gasteiger charge is 2.19. The molecule has 0 aliphatic heterocycles. The van der Waals surface area contributed by atoms with Crippen molar-refractivity contribution in [3.05, 3.63) is 33.2 Å². The monoisotopic (exact) mass is 322 g/mol. The number of nitrogens with zero attached hydrogens (tertiary/aromatic N) is 1. The summed E-state index contributed by atoms with van der Waals surface area (Å²) in [4.78, 5) is 17.7. The van der Waals surface area contributed by atoms with E-state index in [1.807, 2.05) is 20.8 Å². The van der Waals surface area contributed by atoms with Crippen molar-refractivity contribution in [2.45, 2.75) is 20.8 Å². The maximum absolute atomic E-state index is 10.7. The maximum atomic E-state index is 10.7. The molecule has 0 atom stereocenters. The molecule has 0 aliphatic rings. The summed E-state index contributed by atoms with van der Waals surface area (Å²) < 4.78 is 6.58. The van der Waals surface area contributed by atoms with Crippen LogP contribution < -0.4 is 4.74 Å². The number of carbonyl (C=O) groups is 1. The van der Waals surface area contributed by atoms with Crippen molar-refractivity contribution in [3.63, 3.8) is 0 Å². The lowest BCUT2D eigenvalue weighted by molar-refractivity contribution is 0.111. The molecule has 19 heavy (non-hydrogen) atoms. The number of halogens is 1. The zero-order valence-electron chi connectivity index (χ0n) is 11.3. The Hall–Kier alpha value is -1.62. The summed E-state index contributed by atoms with van der Waals surface area (Å²) in [5, 5.41) is 0. The number of aromatic amines is 1. The largest absolute Gasteiger partial charge is 0.496 e. The van der Waals surface area contributed by atoms with Gasteiger partial charge in [0.15, 0.2) is 12.1 Å². The zero-order chi connectivity index (χ0) is 14.2. The molecule has 1 N–H and O–H groups in total. The van der Waals surface area contributed by atoms with Crippen LogP contribution in [-0.4, -0.2) is 23.4 Å². The molecule has 1 aromatic carbocycles. The van der Waals surface area contributed by atoms with Gasteiger partial charge in [0.05, 0.1) is 19.0 Å². The summed E-state index contributed by atoms with van der Waals surface area (Å²) in [6, 6.07) is 0. The Morgan fingerprint density at radius 1 is 1.26 bits per heavy atom. The Morgan fingerprint density at radius 2 is 1.95 bits per heavy atom. The van der Waals surface area contributed by atoms with Crippen molar-refractivity contribution < 1.29 is 9.53 Å². The Balaban J connectivity index is 2.78. The molecular formula is C14H15BrN2O2. The number of benzene rings is 1. The molecule has 2 rings (SSSR count). The summed E-state index contributed by atoms with van der Waals surface area (Å²) in [6.45, 7) is 6.07. The quantitative estimate of drug-likeness (QED) is 0.878. The number of imidazole rings is 1. The Bertz CT molecular complexity index is 647. The third kappa shape index (κ3) is 2.18. The van der Waals surface area contributed by atoms with E-state index in [0.29, 0.717) is 12.1 Å². The molecule has 5 heteroatoms. The van der Waals surface area contributed by atoms with Crippen LogP contribution in [0.15, 0.2) is 10.7 Å². The van der Waals surface area contributed by atoms with E-state index < -0.39 is 0 Å². The fraction of sp³-hybridized carbons (Fsp3) is 0.286. The molecule has 1 aromatic heterocycles. The van der Waals surface area contributed by atoms with Gasteiger partial charge in [-0.15, -0.1) is 0 Å². The third-order valence-corrected chi connectivity index (χ3v) is 4.53. The van der Waals surface area contributed by atoms with E-state index in [0.717, 1.165) is 38.2 Å². The van der Waals surface area contributed by atoms with E-state index in [2.05, 4.69) is 25.9 Å². The second-order valence-electron chi connectivity index (χ2n) is 4.40. The molecule has 0 saturated heterocycles. The molecule has 0 spiro atoms. The van der Waals surface area contributed by atoms with Crippen LogP contribution in [0, 0.1) is 20.8 Å². The lowest BCUT2D eigenvalue weighted by Gasteiger charge is -2.17. The molecule has 1 heterocycles. The first-order chi connectivity index (χ1) is 9.01. The fourth-order valence-corrected chi connectivity index (χ4v) is 2.68. The Labute approximate surface area is 120 Å². The summed E-state index contributed by atoms with van der Waals surface area (Å²) in [5.74, 6) is 1.12. The van der Waals surface area contributed by atoms with E-state index >= 15 is 0 Å². The van der Waals surface area contributed by atoms with Gasteiger partial charge in [-0.3, -0.25) is 4.79 Å². The number of aldehydes is 1. The Morgan fingerprint density at radius 3 is 2.47 bits per heavy atom. The van der Waals surface area contributed by atoms with E-state index in [1.165, 1.54) is 0 Å². The van der Waals surface area contributed by atoms with E-state index in [4.69, 9.17) is 4.74 Å². The van der Waals surface area contributed by atoms with Gasteiger partial charge >= 0.3 is 0 Å². The van der Waals surface area contributed by atoms with Crippen LogP contribution in [0.5, 0.6) is 5.75 Å². The molecule has 0 aliphatic carbocycles. The van der Waals surface area contributed by atoms with Crippen molar-refractivity contribution >= 4 is 22.2 Å². The third-order valence-electron chi connectivity index (χ3n) is 3.34. The first kappa shape index (κ1) is 13.8. The first-order valence-electron chi connectivity index (χ1n) is 5.85. The Kier molecular flexibility index (Phi) is 3.75.